The van der Waals surface area contributed by atoms with Crippen LogP contribution in [0.25, 0.3) is 0 Å². The van der Waals surface area contributed by atoms with Crippen LogP contribution in [-0.4, -0.2) is 0 Å². The van der Waals surface area contributed by atoms with Gasteiger partial charge in [0, 0.05) is 5.92 Å². The van der Waals surface area contributed by atoms with Crippen molar-refractivity contribution in [3.05, 3.63) is 11.6 Å². The van der Waals surface area contributed by atoms with E-state index in [1.54, 1.807) is 0 Å². The monoisotopic (exact) mass is 120 g/mol. The minimum atomic E-state index is 0.444. The van der Waals surface area contributed by atoms with Crippen LogP contribution in [0.2, 0.25) is 0 Å². The molecule has 1 aliphatic carbocycles. The van der Waals surface area contributed by atoms with Gasteiger partial charge in [0.1, 0.15) is 0 Å². The van der Waals surface area contributed by atoms with Crippen LogP contribution < -0.4 is 0 Å². The van der Waals surface area contributed by atoms with Crippen molar-refractivity contribution in [1.82, 2.24) is 0 Å². The molecule has 0 nitrogen and oxygen atoms in total. The molecule has 0 aromatic heterocycles. The molecule has 0 fully saturated rings. The van der Waals surface area contributed by atoms with E-state index in [0.717, 1.165) is 0 Å². The van der Waals surface area contributed by atoms with Gasteiger partial charge in [-0.05, 0) is 19.3 Å². The highest BCUT2D eigenvalue weighted by atomic mass is 14.1. The zero-order valence-electron chi connectivity index (χ0n) is 5.85. The van der Waals surface area contributed by atoms with Crippen LogP contribution in [0.15, 0.2) is 11.6 Å². The Bertz CT molecular complexity index is 157. The highest BCUT2D eigenvalue weighted by molar-refractivity contribution is 5.18. The van der Waals surface area contributed by atoms with E-state index in [1.807, 2.05) is 0 Å². The van der Waals surface area contributed by atoms with Crippen LogP contribution in [0.3, 0.4) is 0 Å². The fourth-order valence-corrected chi connectivity index (χ4v) is 1.22. The van der Waals surface area contributed by atoms with Gasteiger partial charge in [-0.3, -0.25) is 0 Å². The largest absolute Gasteiger partial charge is 0.119 e. The predicted molar refractivity (Wildman–Crippen MR) is 39.9 cm³/mol. The molecule has 9 heavy (non-hydrogen) atoms. The second kappa shape index (κ2) is 2.73. The lowest BCUT2D eigenvalue weighted by Gasteiger charge is -1.89. The molecule has 0 aromatic carbocycles. The van der Waals surface area contributed by atoms with E-state index in [2.05, 4.69) is 18.9 Å². The number of hydrogen-bond acceptors (Lipinski definition) is 0. The normalized spacial score (nSPS) is 25.3. The third-order valence-electron chi connectivity index (χ3n) is 1.88. The first-order valence-corrected chi connectivity index (χ1v) is 3.52. The first-order valence-electron chi connectivity index (χ1n) is 3.52. The average Bonchev–Trinajstić information content (AvgIpc) is 2.34. The maximum absolute atomic E-state index is 5.26. The SMILES string of the molecule is C#C[C@@H]1C=C(CC)CC1. The van der Waals surface area contributed by atoms with E-state index in [9.17, 15) is 0 Å². The minimum Gasteiger partial charge on any atom is -0.119 e. The molecule has 0 bridgehead atoms. The molecular formula is C9H12. The summed E-state index contributed by atoms with van der Waals surface area (Å²) in [6.45, 7) is 2.19. The Kier molecular flexibility index (Phi) is 1.95. The summed E-state index contributed by atoms with van der Waals surface area (Å²) in [5, 5.41) is 0. The van der Waals surface area contributed by atoms with Crippen LogP contribution in [0.4, 0.5) is 0 Å². The molecule has 0 saturated carbocycles. The van der Waals surface area contributed by atoms with Crippen molar-refractivity contribution in [2.75, 3.05) is 0 Å². The zero-order valence-corrected chi connectivity index (χ0v) is 5.85. The minimum absolute atomic E-state index is 0.444. The molecule has 1 atom stereocenters. The van der Waals surface area contributed by atoms with Crippen LogP contribution in [0, 0.1) is 18.3 Å². The van der Waals surface area contributed by atoms with Crippen molar-refractivity contribution in [2.45, 2.75) is 26.2 Å². The molecular weight excluding hydrogens is 108 g/mol. The van der Waals surface area contributed by atoms with Crippen molar-refractivity contribution in [3.8, 4) is 12.3 Å². The molecule has 0 amide bonds. The van der Waals surface area contributed by atoms with Crippen LogP contribution >= 0.6 is 0 Å². The Balaban J connectivity index is 2.52. The quantitative estimate of drug-likeness (QED) is 0.368. The third-order valence-corrected chi connectivity index (χ3v) is 1.88. The molecule has 0 N–H and O–H groups in total. The Morgan fingerprint density at radius 2 is 2.67 bits per heavy atom. The lowest BCUT2D eigenvalue weighted by molar-refractivity contribution is 0.781. The molecule has 1 rings (SSSR count). The van der Waals surface area contributed by atoms with E-state index in [1.165, 1.54) is 24.8 Å². The number of hydrogen-bond donors (Lipinski definition) is 0. The lowest BCUT2D eigenvalue weighted by Crippen LogP contribution is -1.81. The molecule has 48 valence electrons. The van der Waals surface area contributed by atoms with Gasteiger partial charge in [0.15, 0.2) is 0 Å². The van der Waals surface area contributed by atoms with Crippen molar-refractivity contribution in [2.24, 2.45) is 5.92 Å². The summed E-state index contributed by atoms with van der Waals surface area (Å²) in [5.41, 5.74) is 1.54. The maximum Gasteiger partial charge on any atom is 0.0385 e. The molecule has 0 radical (unpaired) electrons. The Morgan fingerprint density at radius 1 is 1.89 bits per heavy atom. The number of allylic oxidation sites excluding steroid dienone is 2. The molecule has 0 heteroatoms. The maximum atomic E-state index is 5.26. The van der Waals surface area contributed by atoms with E-state index in [-0.39, 0.29) is 0 Å². The van der Waals surface area contributed by atoms with Gasteiger partial charge in [-0.1, -0.05) is 24.5 Å². The van der Waals surface area contributed by atoms with Gasteiger partial charge in [-0.15, -0.1) is 6.42 Å². The van der Waals surface area contributed by atoms with E-state index < -0.39 is 0 Å². The van der Waals surface area contributed by atoms with Gasteiger partial charge in [0.05, 0.1) is 0 Å². The first-order chi connectivity index (χ1) is 4.36. The van der Waals surface area contributed by atoms with Crippen LogP contribution in [-0.2, 0) is 0 Å². The summed E-state index contributed by atoms with van der Waals surface area (Å²) in [6, 6.07) is 0. The van der Waals surface area contributed by atoms with Gasteiger partial charge >= 0.3 is 0 Å². The van der Waals surface area contributed by atoms with Gasteiger partial charge in [0.2, 0.25) is 0 Å². The molecule has 0 aromatic rings. The fraction of sp³-hybridized carbons (Fsp3) is 0.556. The molecule has 0 saturated heterocycles. The highest BCUT2D eigenvalue weighted by Crippen LogP contribution is 2.24. The Hall–Kier alpha value is -0.700. The van der Waals surface area contributed by atoms with Crippen molar-refractivity contribution >= 4 is 0 Å². The molecule has 0 heterocycles. The molecule has 0 aliphatic heterocycles. The Labute approximate surface area is 57.0 Å². The summed E-state index contributed by atoms with van der Waals surface area (Å²) >= 11 is 0. The lowest BCUT2D eigenvalue weighted by atomic mass is 10.1. The summed E-state index contributed by atoms with van der Waals surface area (Å²) in [7, 11) is 0. The molecule has 0 unspecified atom stereocenters. The zero-order chi connectivity index (χ0) is 6.69. The van der Waals surface area contributed by atoms with E-state index >= 15 is 0 Å². The summed E-state index contributed by atoms with van der Waals surface area (Å²) in [6.07, 6.45) is 11.1. The molecule has 1 aliphatic rings. The van der Waals surface area contributed by atoms with Crippen LogP contribution in [0.5, 0.6) is 0 Å². The summed E-state index contributed by atoms with van der Waals surface area (Å²) < 4.78 is 0. The Morgan fingerprint density at radius 3 is 3.00 bits per heavy atom. The van der Waals surface area contributed by atoms with Gasteiger partial charge in [-0.25, -0.2) is 0 Å². The predicted octanol–water partition coefficient (Wildman–Crippen LogP) is 2.37. The first kappa shape index (κ1) is 6.42. The highest BCUT2D eigenvalue weighted by Gasteiger charge is 2.10. The van der Waals surface area contributed by atoms with E-state index in [0.29, 0.717) is 5.92 Å². The second-order valence-corrected chi connectivity index (χ2v) is 2.49. The fourth-order valence-electron chi connectivity index (χ4n) is 1.22. The standard InChI is InChI=1S/C9H12/c1-3-8-5-6-9(4-2)7-8/h1,7-8H,4-6H2,2H3/t8-/m0/s1. The van der Waals surface area contributed by atoms with Crippen molar-refractivity contribution < 1.29 is 0 Å². The molecule has 0 spiro atoms. The summed E-state index contributed by atoms with van der Waals surface area (Å²) in [5.74, 6) is 3.20. The van der Waals surface area contributed by atoms with Gasteiger partial charge in [0.25, 0.3) is 0 Å². The number of rotatable bonds is 1. The van der Waals surface area contributed by atoms with Crippen molar-refractivity contribution in [3.63, 3.8) is 0 Å². The smallest absolute Gasteiger partial charge is 0.0385 e. The number of terminal acetylenes is 1. The van der Waals surface area contributed by atoms with Gasteiger partial charge in [-0.2, -0.15) is 0 Å². The van der Waals surface area contributed by atoms with E-state index in [4.69, 9.17) is 6.42 Å². The second-order valence-electron chi connectivity index (χ2n) is 2.49. The van der Waals surface area contributed by atoms with Crippen molar-refractivity contribution in [1.29, 1.82) is 0 Å². The average molecular weight is 120 g/mol. The van der Waals surface area contributed by atoms with Gasteiger partial charge < -0.3 is 0 Å². The topological polar surface area (TPSA) is 0 Å². The third kappa shape index (κ3) is 1.36. The van der Waals surface area contributed by atoms with Crippen LogP contribution in [0.1, 0.15) is 26.2 Å². The summed E-state index contributed by atoms with van der Waals surface area (Å²) in [4.78, 5) is 0.